The van der Waals surface area contributed by atoms with Gasteiger partial charge in [0.15, 0.2) is 17.6 Å². The van der Waals surface area contributed by atoms with Crippen LogP contribution in [-0.2, 0) is 16.0 Å². The first-order valence-electron chi connectivity index (χ1n) is 9.06. The van der Waals surface area contributed by atoms with Crippen LogP contribution < -0.4 is 14.4 Å². The molecule has 2 aromatic carbocycles. The van der Waals surface area contributed by atoms with E-state index in [1.54, 1.807) is 24.0 Å². The van der Waals surface area contributed by atoms with Crippen LogP contribution in [0.3, 0.4) is 0 Å². The SMILES string of the molecule is CCOc1c(Br)cc(C(=O)OC(C)C(=O)N2CCc3ccccc32)cc1OC. The average molecular weight is 448 g/mol. The van der Waals surface area contributed by atoms with Gasteiger partial charge >= 0.3 is 5.97 Å². The number of hydrogen-bond acceptors (Lipinski definition) is 5. The Morgan fingerprint density at radius 2 is 2.00 bits per heavy atom. The van der Waals surface area contributed by atoms with Gasteiger partial charge in [0.05, 0.1) is 23.8 Å². The van der Waals surface area contributed by atoms with Gasteiger partial charge in [-0.05, 0) is 60.0 Å². The van der Waals surface area contributed by atoms with Crippen LogP contribution in [0.1, 0.15) is 29.8 Å². The number of fused-ring (bicyclic) bond motifs is 1. The second kappa shape index (κ2) is 8.65. The number of ether oxygens (including phenoxy) is 3. The Kier molecular flexibility index (Phi) is 6.24. The lowest BCUT2D eigenvalue weighted by Crippen LogP contribution is -2.39. The Bertz CT molecular complexity index is 898. The van der Waals surface area contributed by atoms with Crippen molar-refractivity contribution in [3.8, 4) is 11.5 Å². The summed E-state index contributed by atoms with van der Waals surface area (Å²) in [6.07, 6.45) is -0.110. The molecular weight excluding hydrogens is 426 g/mol. The summed E-state index contributed by atoms with van der Waals surface area (Å²) in [7, 11) is 1.50. The standard InChI is InChI=1S/C21H22BrNO5/c1-4-27-19-16(22)11-15(12-18(19)26-3)21(25)28-13(2)20(24)23-10-9-14-7-5-6-8-17(14)23/h5-8,11-13H,4,9-10H2,1-3H3. The third-order valence-corrected chi connectivity index (χ3v) is 5.13. The van der Waals surface area contributed by atoms with Crippen LogP contribution in [0.4, 0.5) is 5.69 Å². The molecule has 0 N–H and O–H groups in total. The summed E-state index contributed by atoms with van der Waals surface area (Å²) in [5.74, 6) is 0.0839. The first-order valence-corrected chi connectivity index (χ1v) is 9.86. The molecule has 1 heterocycles. The maximum Gasteiger partial charge on any atom is 0.339 e. The second-order valence-corrected chi connectivity index (χ2v) is 7.19. The van der Waals surface area contributed by atoms with E-state index in [2.05, 4.69) is 15.9 Å². The highest BCUT2D eigenvalue weighted by atomic mass is 79.9. The number of esters is 1. The molecule has 1 aliphatic heterocycles. The molecule has 2 aromatic rings. The van der Waals surface area contributed by atoms with Gasteiger partial charge in [-0.25, -0.2) is 4.79 Å². The van der Waals surface area contributed by atoms with E-state index in [-0.39, 0.29) is 11.5 Å². The summed E-state index contributed by atoms with van der Waals surface area (Å²) in [4.78, 5) is 27.1. The van der Waals surface area contributed by atoms with Crippen molar-refractivity contribution in [1.29, 1.82) is 0 Å². The maximum atomic E-state index is 12.8. The van der Waals surface area contributed by atoms with Gasteiger partial charge in [0, 0.05) is 12.2 Å². The van der Waals surface area contributed by atoms with Crippen molar-refractivity contribution < 1.29 is 23.8 Å². The molecule has 1 unspecified atom stereocenters. The highest BCUT2D eigenvalue weighted by Crippen LogP contribution is 2.37. The lowest BCUT2D eigenvalue weighted by atomic mass is 10.2. The minimum Gasteiger partial charge on any atom is -0.493 e. The molecule has 1 aliphatic rings. The third-order valence-electron chi connectivity index (χ3n) is 4.54. The molecule has 0 saturated heterocycles. The predicted molar refractivity (Wildman–Crippen MR) is 109 cm³/mol. The summed E-state index contributed by atoms with van der Waals surface area (Å²) in [6, 6.07) is 10.9. The molecule has 28 heavy (non-hydrogen) atoms. The summed E-state index contributed by atoms with van der Waals surface area (Å²) in [6.45, 7) is 4.49. The minimum atomic E-state index is -0.907. The largest absolute Gasteiger partial charge is 0.493 e. The number of hydrogen-bond donors (Lipinski definition) is 0. The van der Waals surface area contributed by atoms with Gasteiger partial charge in [0.25, 0.3) is 5.91 Å². The topological polar surface area (TPSA) is 65.1 Å². The Morgan fingerprint density at radius 1 is 1.25 bits per heavy atom. The number of rotatable bonds is 6. The summed E-state index contributed by atoms with van der Waals surface area (Å²) in [5.41, 5.74) is 2.27. The molecule has 0 radical (unpaired) electrons. The van der Waals surface area contributed by atoms with E-state index in [4.69, 9.17) is 14.2 Å². The maximum absolute atomic E-state index is 12.8. The molecule has 0 saturated carbocycles. The molecule has 0 bridgehead atoms. The van der Waals surface area contributed by atoms with E-state index in [0.29, 0.717) is 29.1 Å². The molecule has 0 spiro atoms. The van der Waals surface area contributed by atoms with Crippen LogP contribution in [0.2, 0.25) is 0 Å². The van der Waals surface area contributed by atoms with E-state index in [1.165, 1.54) is 7.11 Å². The van der Waals surface area contributed by atoms with Crippen molar-refractivity contribution in [3.63, 3.8) is 0 Å². The Hall–Kier alpha value is -2.54. The molecule has 148 valence electrons. The van der Waals surface area contributed by atoms with E-state index >= 15 is 0 Å². The van der Waals surface area contributed by atoms with Gasteiger partial charge in [-0.15, -0.1) is 0 Å². The highest BCUT2D eigenvalue weighted by Gasteiger charge is 2.30. The van der Waals surface area contributed by atoms with Gasteiger partial charge in [0.2, 0.25) is 0 Å². The molecular formula is C21H22BrNO5. The number of nitrogens with zero attached hydrogens (tertiary/aromatic N) is 1. The number of anilines is 1. The smallest absolute Gasteiger partial charge is 0.339 e. The van der Waals surface area contributed by atoms with Crippen LogP contribution >= 0.6 is 15.9 Å². The Labute approximate surface area is 172 Å². The average Bonchev–Trinajstić information content (AvgIpc) is 3.12. The van der Waals surface area contributed by atoms with Crippen molar-refractivity contribution in [2.24, 2.45) is 0 Å². The molecule has 1 atom stereocenters. The van der Waals surface area contributed by atoms with Crippen molar-refractivity contribution in [1.82, 2.24) is 0 Å². The van der Waals surface area contributed by atoms with Crippen molar-refractivity contribution >= 4 is 33.5 Å². The fourth-order valence-corrected chi connectivity index (χ4v) is 3.74. The number of amides is 1. The molecule has 7 heteroatoms. The van der Waals surface area contributed by atoms with E-state index in [1.807, 2.05) is 31.2 Å². The fourth-order valence-electron chi connectivity index (χ4n) is 3.19. The highest BCUT2D eigenvalue weighted by molar-refractivity contribution is 9.10. The Morgan fingerprint density at radius 3 is 2.71 bits per heavy atom. The zero-order valence-electron chi connectivity index (χ0n) is 16.0. The molecule has 3 rings (SSSR count). The summed E-state index contributed by atoms with van der Waals surface area (Å²) < 4.78 is 16.8. The molecule has 6 nitrogen and oxygen atoms in total. The van der Waals surface area contributed by atoms with Crippen molar-refractivity contribution in [3.05, 3.63) is 52.0 Å². The van der Waals surface area contributed by atoms with E-state index < -0.39 is 12.1 Å². The minimum absolute atomic E-state index is 0.240. The number of carbonyl (C=O) groups is 2. The molecule has 0 fully saturated rings. The summed E-state index contributed by atoms with van der Waals surface area (Å²) >= 11 is 3.39. The van der Waals surface area contributed by atoms with Gasteiger partial charge in [-0.2, -0.15) is 0 Å². The lowest BCUT2D eigenvalue weighted by Gasteiger charge is -2.22. The van der Waals surface area contributed by atoms with Crippen LogP contribution in [0.5, 0.6) is 11.5 Å². The second-order valence-electron chi connectivity index (χ2n) is 6.34. The first kappa shape index (κ1) is 20.2. The number of methoxy groups -OCH3 is 1. The van der Waals surface area contributed by atoms with Crippen LogP contribution in [0.25, 0.3) is 0 Å². The number of para-hydroxylation sites is 1. The lowest BCUT2D eigenvalue weighted by molar-refractivity contribution is -0.126. The fraction of sp³-hybridized carbons (Fsp3) is 0.333. The zero-order chi connectivity index (χ0) is 20.3. The van der Waals surface area contributed by atoms with Gasteiger partial charge < -0.3 is 19.1 Å². The first-order chi connectivity index (χ1) is 13.5. The van der Waals surface area contributed by atoms with E-state index in [0.717, 1.165) is 17.7 Å². The number of benzene rings is 2. The third kappa shape index (κ3) is 3.99. The van der Waals surface area contributed by atoms with E-state index in [9.17, 15) is 9.59 Å². The van der Waals surface area contributed by atoms with Crippen LogP contribution in [0.15, 0.2) is 40.9 Å². The monoisotopic (exact) mass is 447 g/mol. The molecule has 0 aromatic heterocycles. The molecule has 0 aliphatic carbocycles. The van der Waals surface area contributed by atoms with Crippen molar-refractivity contribution in [2.75, 3.05) is 25.2 Å². The quantitative estimate of drug-likeness (QED) is 0.626. The van der Waals surface area contributed by atoms with Gasteiger partial charge in [0.1, 0.15) is 0 Å². The van der Waals surface area contributed by atoms with Crippen molar-refractivity contribution in [2.45, 2.75) is 26.4 Å². The van der Waals surface area contributed by atoms with Crippen LogP contribution in [0, 0.1) is 0 Å². The van der Waals surface area contributed by atoms with Crippen LogP contribution in [-0.4, -0.2) is 38.2 Å². The molecule has 1 amide bonds. The summed E-state index contributed by atoms with van der Waals surface area (Å²) in [5, 5.41) is 0. The number of halogens is 1. The van der Waals surface area contributed by atoms with Gasteiger partial charge in [-0.1, -0.05) is 18.2 Å². The normalized spacial score (nSPS) is 13.6. The Balaban J connectivity index is 1.74. The zero-order valence-corrected chi connectivity index (χ0v) is 17.6. The van der Waals surface area contributed by atoms with Gasteiger partial charge in [-0.3, -0.25) is 4.79 Å². The number of carbonyl (C=O) groups excluding carboxylic acids is 2. The predicted octanol–water partition coefficient (Wildman–Crippen LogP) is 3.99.